The van der Waals surface area contributed by atoms with Gasteiger partial charge in [-0.05, 0) is 92.8 Å². The summed E-state index contributed by atoms with van der Waals surface area (Å²) in [5, 5.41) is 32.3. The first-order valence-electron chi connectivity index (χ1n) is 11.1. The molecule has 0 aromatic heterocycles. The van der Waals surface area contributed by atoms with E-state index in [4.69, 9.17) is 4.74 Å². The number of nitrogens with zero attached hydrogens (tertiary/aromatic N) is 1. The molecule has 0 amide bonds. The number of hydrogen-bond donors (Lipinski definition) is 3. The third kappa shape index (κ3) is 4.13. The Labute approximate surface area is 200 Å². The molecule has 174 valence electrons. The lowest BCUT2D eigenvalue weighted by atomic mass is 10.0. The molecule has 0 saturated heterocycles. The molecule has 0 radical (unpaired) electrons. The second-order valence-corrected chi connectivity index (χ2v) is 8.65. The highest BCUT2D eigenvalue weighted by molar-refractivity contribution is 5.89. The molecule has 0 atom stereocenters. The van der Waals surface area contributed by atoms with Crippen molar-refractivity contribution in [2.45, 2.75) is 34.6 Å². The van der Waals surface area contributed by atoms with Gasteiger partial charge in [0.05, 0.1) is 17.1 Å². The van der Waals surface area contributed by atoms with E-state index in [9.17, 15) is 15.3 Å². The zero-order valence-electron chi connectivity index (χ0n) is 20.0. The van der Waals surface area contributed by atoms with Crippen molar-refractivity contribution in [2.24, 2.45) is 0 Å². The number of aryl methyl sites for hydroxylation is 5. The SMILES string of the molecule is Cc1cc(Oc2ccccc2N(c2c(C)ccc(C)c2O)c2c(C)ccc(C)c2O)ccc1O. The number of phenols is 3. The van der Waals surface area contributed by atoms with Crippen molar-refractivity contribution in [1.82, 2.24) is 0 Å². The Morgan fingerprint density at radius 2 is 1.12 bits per heavy atom. The van der Waals surface area contributed by atoms with Gasteiger partial charge in [-0.1, -0.05) is 36.4 Å². The van der Waals surface area contributed by atoms with E-state index in [1.807, 2.05) is 88.0 Å². The van der Waals surface area contributed by atoms with Crippen LogP contribution >= 0.6 is 0 Å². The number of phenolic OH excluding ortho intramolecular Hbond substituents is 3. The van der Waals surface area contributed by atoms with Crippen molar-refractivity contribution in [3.63, 3.8) is 0 Å². The van der Waals surface area contributed by atoms with Crippen LogP contribution in [0.25, 0.3) is 0 Å². The van der Waals surface area contributed by atoms with Gasteiger partial charge in [0.1, 0.15) is 23.0 Å². The van der Waals surface area contributed by atoms with Crippen LogP contribution in [0.2, 0.25) is 0 Å². The number of ether oxygens (including phenoxy) is 1. The fourth-order valence-electron chi connectivity index (χ4n) is 4.03. The minimum absolute atomic E-state index is 0.135. The summed E-state index contributed by atoms with van der Waals surface area (Å²) >= 11 is 0. The molecule has 0 aliphatic heterocycles. The zero-order valence-corrected chi connectivity index (χ0v) is 20.0. The van der Waals surface area contributed by atoms with E-state index in [1.54, 1.807) is 18.2 Å². The van der Waals surface area contributed by atoms with E-state index < -0.39 is 0 Å². The molecule has 5 heteroatoms. The van der Waals surface area contributed by atoms with Crippen LogP contribution in [-0.4, -0.2) is 15.3 Å². The van der Waals surface area contributed by atoms with E-state index in [0.29, 0.717) is 34.1 Å². The Hall–Kier alpha value is -4.12. The van der Waals surface area contributed by atoms with Gasteiger partial charge in [0, 0.05) is 0 Å². The van der Waals surface area contributed by atoms with Crippen molar-refractivity contribution in [2.75, 3.05) is 4.90 Å². The largest absolute Gasteiger partial charge is 0.508 e. The summed E-state index contributed by atoms with van der Waals surface area (Å²) in [7, 11) is 0. The summed E-state index contributed by atoms with van der Waals surface area (Å²) < 4.78 is 6.27. The van der Waals surface area contributed by atoms with Gasteiger partial charge in [0.2, 0.25) is 0 Å². The lowest BCUT2D eigenvalue weighted by Crippen LogP contribution is -2.15. The molecule has 0 aliphatic rings. The lowest BCUT2D eigenvalue weighted by Gasteiger charge is -2.31. The third-order valence-electron chi connectivity index (χ3n) is 6.06. The molecule has 0 unspecified atom stereocenters. The summed E-state index contributed by atoms with van der Waals surface area (Å²) in [6.07, 6.45) is 0. The van der Waals surface area contributed by atoms with Gasteiger partial charge in [-0.2, -0.15) is 0 Å². The molecule has 4 aromatic carbocycles. The Bertz CT molecular complexity index is 1320. The monoisotopic (exact) mass is 455 g/mol. The molecule has 0 bridgehead atoms. The van der Waals surface area contributed by atoms with E-state index in [2.05, 4.69) is 0 Å². The number of benzene rings is 4. The first-order valence-corrected chi connectivity index (χ1v) is 11.1. The summed E-state index contributed by atoms with van der Waals surface area (Å²) in [6, 6.07) is 20.2. The van der Waals surface area contributed by atoms with Gasteiger partial charge < -0.3 is 20.1 Å². The molecule has 5 nitrogen and oxygen atoms in total. The normalized spacial score (nSPS) is 10.9. The average Bonchev–Trinajstić information content (AvgIpc) is 2.81. The highest BCUT2D eigenvalue weighted by atomic mass is 16.5. The molecule has 34 heavy (non-hydrogen) atoms. The van der Waals surface area contributed by atoms with Crippen LogP contribution < -0.4 is 9.64 Å². The van der Waals surface area contributed by atoms with Crippen LogP contribution in [0.15, 0.2) is 66.7 Å². The minimum Gasteiger partial charge on any atom is -0.508 e. The van der Waals surface area contributed by atoms with Crippen LogP contribution in [0, 0.1) is 34.6 Å². The van der Waals surface area contributed by atoms with Crippen LogP contribution in [0.3, 0.4) is 0 Å². The predicted octanol–water partition coefficient (Wildman–Crippen LogP) is 7.61. The summed E-state index contributed by atoms with van der Waals surface area (Å²) in [5.41, 5.74) is 5.64. The fourth-order valence-corrected chi connectivity index (χ4v) is 4.03. The summed E-state index contributed by atoms with van der Waals surface area (Å²) in [4.78, 5) is 1.86. The molecule has 0 spiro atoms. The van der Waals surface area contributed by atoms with Crippen LogP contribution in [0.4, 0.5) is 17.1 Å². The lowest BCUT2D eigenvalue weighted by molar-refractivity contribution is 0.459. The van der Waals surface area contributed by atoms with Crippen molar-refractivity contribution >= 4 is 17.1 Å². The summed E-state index contributed by atoms with van der Waals surface area (Å²) in [6.45, 7) is 9.36. The maximum Gasteiger partial charge on any atom is 0.151 e. The van der Waals surface area contributed by atoms with Crippen molar-refractivity contribution in [1.29, 1.82) is 0 Å². The Balaban J connectivity index is 2.00. The molecule has 0 aliphatic carbocycles. The molecule has 0 fully saturated rings. The molecule has 3 N–H and O–H groups in total. The first-order chi connectivity index (χ1) is 16.2. The van der Waals surface area contributed by atoms with Crippen molar-refractivity contribution < 1.29 is 20.1 Å². The quantitative estimate of drug-likeness (QED) is 0.289. The molecule has 0 heterocycles. The van der Waals surface area contributed by atoms with Crippen LogP contribution in [0.1, 0.15) is 27.8 Å². The maximum absolute atomic E-state index is 11.2. The Kier molecular flexibility index (Phi) is 6.12. The van der Waals surface area contributed by atoms with Crippen LogP contribution in [0.5, 0.6) is 28.7 Å². The highest BCUT2D eigenvalue weighted by Crippen LogP contribution is 2.51. The Morgan fingerprint density at radius 3 is 1.68 bits per heavy atom. The van der Waals surface area contributed by atoms with Crippen molar-refractivity contribution in [3.8, 4) is 28.7 Å². The van der Waals surface area contributed by atoms with Gasteiger partial charge in [-0.3, -0.25) is 4.90 Å². The topological polar surface area (TPSA) is 73.2 Å². The predicted molar refractivity (Wildman–Crippen MR) is 136 cm³/mol. The maximum atomic E-state index is 11.2. The zero-order chi connectivity index (χ0) is 24.6. The second kappa shape index (κ2) is 9.02. The van der Waals surface area contributed by atoms with Gasteiger partial charge in [-0.15, -0.1) is 0 Å². The van der Waals surface area contributed by atoms with Gasteiger partial charge in [0.15, 0.2) is 5.75 Å². The average molecular weight is 456 g/mol. The third-order valence-corrected chi connectivity index (χ3v) is 6.06. The van der Waals surface area contributed by atoms with Gasteiger partial charge in [0.25, 0.3) is 0 Å². The van der Waals surface area contributed by atoms with Crippen molar-refractivity contribution in [3.05, 3.63) is 94.5 Å². The first kappa shape index (κ1) is 23.1. The molecule has 4 aromatic rings. The molecule has 4 rings (SSSR count). The molecule has 0 saturated carbocycles. The minimum atomic E-state index is 0.135. The smallest absolute Gasteiger partial charge is 0.151 e. The number of para-hydroxylation sites is 2. The van der Waals surface area contributed by atoms with E-state index in [1.165, 1.54) is 0 Å². The number of hydrogen-bond acceptors (Lipinski definition) is 5. The highest BCUT2D eigenvalue weighted by Gasteiger charge is 2.26. The molecular formula is C29H29NO4. The molecular weight excluding hydrogens is 426 g/mol. The fraction of sp³-hybridized carbons (Fsp3) is 0.172. The number of aromatic hydroxyl groups is 3. The number of rotatable bonds is 5. The standard InChI is InChI=1S/C29H29NO4/c1-17-10-12-19(3)28(32)26(17)30(27-18(2)11-13-20(4)29(27)33)23-8-6-7-9-25(23)34-22-14-15-24(31)21(5)16-22/h6-16,31-33H,1-5H3. The second-order valence-electron chi connectivity index (χ2n) is 8.65. The van der Waals surface area contributed by atoms with Gasteiger partial charge >= 0.3 is 0 Å². The van der Waals surface area contributed by atoms with E-state index in [0.717, 1.165) is 22.3 Å². The van der Waals surface area contributed by atoms with Gasteiger partial charge in [-0.25, -0.2) is 0 Å². The van der Waals surface area contributed by atoms with Crippen LogP contribution in [-0.2, 0) is 0 Å². The van der Waals surface area contributed by atoms with E-state index in [-0.39, 0.29) is 17.2 Å². The Morgan fingerprint density at radius 1 is 0.588 bits per heavy atom. The summed E-state index contributed by atoms with van der Waals surface area (Å²) in [5.74, 6) is 1.57. The number of anilines is 3. The van der Waals surface area contributed by atoms with E-state index >= 15 is 0 Å².